The van der Waals surface area contributed by atoms with Crippen LogP contribution in [0.25, 0.3) is 0 Å². The number of carbonyl (C=O) groups excluding carboxylic acids is 1. The Morgan fingerprint density at radius 1 is 1.13 bits per heavy atom. The van der Waals surface area contributed by atoms with Crippen LogP contribution in [-0.4, -0.2) is 19.6 Å². The molecule has 0 fully saturated rings. The van der Waals surface area contributed by atoms with Gasteiger partial charge in [0.1, 0.15) is 5.25 Å². The highest BCUT2D eigenvalue weighted by molar-refractivity contribution is 7.92. The lowest BCUT2D eigenvalue weighted by atomic mass is 10.1. The third kappa shape index (κ3) is 4.56. The molecule has 0 aliphatic rings. The monoisotopic (exact) mass is 351 g/mol. The van der Waals surface area contributed by atoms with Gasteiger partial charge in [0.25, 0.3) is 0 Å². The molecule has 6 heteroatoms. The average Bonchev–Trinajstić information content (AvgIpc) is 2.51. The van der Waals surface area contributed by atoms with Gasteiger partial charge in [-0.2, -0.15) is 0 Å². The second-order valence-corrected chi connectivity index (χ2v) is 8.13. The summed E-state index contributed by atoms with van der Waals surface area (Å²) in [7, 11) is -3.60. The summed E-state index contributed by atoms with van der Waals surface area (Å²) in [5.74, 6) is -0.713. The number of sulfone groups is 1. The van der Waals surface area contributed by atoms with Crippen LogP contribution in [0.4, 0.5) is 5.69 Å². The predicted octanol–water partition coefficient (Wildman–Crippen LogP) is 3.59. The molecule has 2 aromatic carbocycles. The van der Waals surface area contributed by atoms with Crippen molar-refractivity contribution in [1.82, 2.24) is 0 Å². The molecular formula is C17H18ClNO3S. The van der Waals surface area contributed by atoms with Gasteiger partial charge in [0.2, 0.25) is 5.91 Å². The zero-order valence-electron chi connectivity index (χ0n) is 12.9. The van der Waals surface area contributed by atoms with Crippen LogP contribution in [-0.2, 0) is 20.4 Å². The standard InChI is InChI=1S/C17H18ClNO3S/c1-12-5-3-4-6-14(12)11-23(21,22)13(2)17(20)19-16-9-7-15(18)8-10-16/h3-10,13H,11H2,1-2H3,(H,19,20). The minimum absolute atomic E-state index is 0.158. The molecule has 1 N–H and O–H groups in total. The third-order valence-corrected chi connectivity index (χ3v) is 5.89. The van der Waals surface area contributed by atoms with Crippen molar-refractivity contribution in [1.29, 1.82) is 0 Å². The van der Waals surface area contributed by atoms with E-state index in [0.29, 0.717) is 16.3 Å². The summed E-state index contributed by atoms with van der Waals surface area (Å²) >= 11 is 5.78. The van der Waals surface area contributed by atoms with Crippen molar-refractivity contribution in [2.75, 3.05) is 5.32 Å². The Bertz CT molecular complexity index is 801. The minimum Gasteiger partial charge on any atom is -0.325 e. The number of anilines is 1. The lowest BCUT2D eigenvalue weighted by Crippen LogP contribution is -2.33. The Hall–Kier alpha value is -1.85. The van der Waals surface area contributed by atoms with Crippen LogP contribution in [0.1, 0.15) is 18.1 Å². The van der Waals surface area contributed by atoms with Crippen LogP contribution in [0.3, 0.4) is 0 Å². The number of hydrogen-bond donors (Lipinski definition) is 1. The number of carbonyl (C=O) groups is 1. The second kappa shape index (κ2) is 7.15. The topological polar surface area (TPSA) is 63.2 Å². The summed E-state index contributed by atoms with van der Waals surface area (Å²) in [5.41, 5.74) is 2.11. The number of aryl methyl sites for hydroxylation is 1. The summed E-state index contributed by atoms with van der Waals surface area (Å²) in [6.07, 6.45) is 0. The molecule has 0 radical (unpaired) electrons. The van der Waals surface area contributed by atoms with E-state index in [1.165, 1.54) is 6.92 Å². The SMILES string of the molecule is Cc1ccccc1CS(=O)(=O)C(C)C(=O)Nc1ccc(Cl)cc1. The van der Waals surface area contributed by atoms with Gasteiger partial charge in [-0.1, -0.05) is 35.9 Å². The van der Waals surface area contributed by atoms with E-state index in [1.54, 1.807) is 36.4 Å². The molecule has 0 bridgehead atoms. The molecule has 122 valence electrons. The Morgan fingerprint density at radius 3 is 2.35 bits per heavy atom. The minimum atomic E-state index is -3.60. The molecule has 0 aromatic heterocycles. The molecule has 0 aliphatic heterocycles. The maximum Gasteiger partial charge on any atom is 0.242 e. The number of hydrogen-bond acceptors (Lipinski definition) is 3. The number of benzene rings is 2. The lowest BCUT2D eigenvalue weighted by molar-refractivity contribution is -0.115. The summed E-state index contributed by atoms with van der Waals surface area (Å²) in [6.45, 7) is 3.25. The van der Waals surface area contributed by atoms with E-state index in [1.807, 2.05) is 19.1 Å². The molecule has 0 heterocycles. The second-order valence-electron chi connectivity index (χ2n) is 5.37. The van der Waals surface area contributed by atoms with E-state index in [4.69, 9.17) is 11.6 Å². The number of nitrogens with one attached hydrogen (secondary N) is 1. The quantitative estimate of drug-likeness (QED) is 0.895. The van der Waals surface area contributed by atoms with Crippen LogP contribution in [0.15, 0.2) is 48.5 Å². The Balaban J connectivity index is 2.11. The first-order chi connectivity index (χ1) is 10.8. The molecular weight excluding hydrogens is 334 g/mol. The molecule has 2 aromatic rings. The van der Waals surface area contributed by atoms with Crippen molar-refractivity contribution >= 4 is 33.0 Å². The first-order valence-corrected chi connectivity index (χ1v) is 9.21. The van der Waals surface area contributed by atoms with E-state index in [9.17, 15) is 13.2 Å². The van der Waals surface area contributed by atoms with Gasteiger partial charge < -0.3 is 5.32 Å². The van der Waals surface area contributed by atoms with E-state index in [2.05, 4.69) is 5.32 Å². The molecule has 4 nitrogen and oxygen atoms in total. The van der Waals surface area contributed by atoms with Crippen LogP contribution in [0, 0.1) is 6.92 Å². The van der Waals surface area contributed by atoms with E-state index in [0.717, 1.165) is 5.56 Å². The molecule has 1 unspecified atom stereocenters. The number of amides is 1. The molecule has 0 saturated carbocycles. The first-order valence-electron chi connectivity index (χ1n) is 7.12. The maximum absolute atomic E-state index is 12.5. The number of rotatable bonds is 5. The highest BCUT2D eigenvalue weighted by Gasteiger charge is 2.28. The van der Waals surface area contributed by atoms with Crippen molar-refractivity contribution in [3.63, 3.8) is 0 Å². The maximum atomic E-state index is 12.5. The fourth-order valence-electron chi connectivity index (χ4n) is 2.05. The van der Waals surface area contributed by atoms with Crippen molar-refractivity contribution < 1.29 is 13.2 Å². The van der Waals surface area contributed by atoms with Crippen LogP contribution in [0.5, 0.6) is 0 Å². The van der Waals surface area contributed by atoms with Gasteiger partial charge in [-0.05, 0) is 49.2 Å². The molecule has 1 atom stereocenters. The van der Waals surface area contributed by atoms with E-state index >= 15 is 0 Å². The fraction of sp³-hybridized carbons (Fsp3) is 0.235. The first kappa shape index (κ1) is 17.5. The summed E-state index contributed by atoms with van der Waals surface area (Å²) in [4.78, 5) is 12.2. The number of halogens is 1. The molecule has 0 spiro atoms. The van der Waals surface area contributed by atoms with Crippen LogP contribution < -0.4 is 5.32 Å². The zero-order chi connectivity index (χ0) is 17.0. The van der Waals surface area contributed by atoms with Crippen molar-refractivity contribution in [3.05, 3.63) is 64.7 Å². The van der Waals surface area contributed by atoms with E-state index < -0.39 is 21.0 Å². The summed E-state index contributed by atoms with van der Waals surface area (Å²) in [6, 6.07) is 13.8. The predicted molar refractivity (Wildman–Crippen MR) is 93.3 cm³/mol. The van der Waals surface area contributed by atoms with Gasteiger partial charge in [0.05, 0.1) is 5.75 Å². The van der Waals surface area contributed by atoms with Crippen LogP contribution in [0.2, 0.25) is 5.02 Å². The highest BCUT2D eigenvalue weighted by atomic mass is 35.5. The third-order valence-electron chi connectivity index (χ3n) is 3.64. The Kier molecular flexibility index (Phi) is 5.44. The molecule has 2 rings (SSSR count). The van der Waals surface area contributed by atoms with Gasteiger partial charge in [0, 0.05) is 10.7 Å². The largest absolute Gasteiger partial charge is 0.325 e. The van der Waals surface area contributed by atoms with Crippen molar-refractivity contribution in [2.24, 2.45) is 0 Å². The van der Waals surface area contributed by atoms with Gasteiger partial charge in [-0.15, -0.1) is 0 Å². The average molecular weight is 352 g/mol. The Morgan fingerprint density at radius 2 is 1.74 bits per heavy atom. The van der Waals surface area contributed by atoms with Gasteiger partial charge in [0.15, 0.2) is 9.84 Å². The summed E-state index contributed by atoms with van der Waals surface area (Å²) < 4.78 is 24.9. The lowest BCUT2D eigenvalue weighted by Gasteiger charge is -2.14. The zero-order valence-corrected chi connectivity index (χ0v) is 14.5. The Labute approximate surface area is 141 Å². The summed E-state index contributed by atoms with van der Waals surface area (Å²) in [5, 5.41) is 2.00. The van der Waals surface area contributed by atoms with Crippen LogP contribution >= 0.6 is 11.6 Å². The van der Waals surface area contributed by atoms with Gasteiger partial charge in [-0.25, -0.2) is 8.42 Å². The smallest absolute Gasteiger partial charge is 0.242 e. The highest BCUT2D eigenvalue weighted by Crippen LogP contribution is 2.18. The fourth-order valence-corrected chi connectivity index (χ4v) is 3.57. The molecule has 1 amide bonds. The van der Waals surface area contributed by atoms with Crippen molar-refractivity contribution in [3.8, 4) is 0 Å². The van der Waals surface area contributed by atoms with Crippen molar-refractivity contribution in [2.45, 2.75) is 24.9 Å². The normalized spacial score (nSPS) is 12.7. The van der Waals surface area contributed by atoms with E-state index in [-0.39, 0.29) is 5.75 Å². The molecule has 23 heavy (non-hydrogen) atoms. The molecule has 0 saturated heterocycles. The van der Waals surface area contributed by atoms with Gasteiger partial charge >= 0.3 is 0 Å². The molecule has 0 aliphatic carbocycles. The van der Waals surface area contributed by atoms with Gasteiger partial charge in [-0.3, -0.25) is 4.79 Å².